The van der Waals surface area contributed by atoms with Gasteiger partial charge in [-0.05, 0) is 37.4 Å². The molecule has 0 aliphatic carbocycles. The number of halogens is 1. The summed E-state index contributed by atoms with van der Waals surface area (Å²) in [4.78, 5) is 12.7. The van der Waals surface area contributed by atoms with Crippen LogP contribution in [-0.4, -0.2) is 35.3 Å². The fourth-order valence-electron chi connectivity index (χ4n) is 2.43. The molecule has 0 bridgehead atoms. The molecule has 2 heterocycles. The Morgan fingerprint density at radius 3 is 2.55 bits per heavy atom. The van der Waals surface area contributed by atoms with Crippen LogP contribution in [-0.2, 0) is 10.3 Å². The van der Waals surface area contributed by atoms with Crippen LogP contribution in [0.4, 0.5) is 0 Å². The Labute approximate surface area is 126 Å². The quantitative estimate of drug-likeness (QED) is 0.890. The first-order valence-corrected chi connectivity index (χ1v) is 6.93. The van der Waals surface area contributed by atoms with Crippen LogP contribution in [0.2, 0.25) is 0 Å². The van der Waals surface area contributed by atoms with Crippen LogP contribution in [0.15, 0.2) is 18.5 Å². The SMILES string of the molecule is CC(C)(C)CNC(=O)C1(n2cccn2)CCNCC1.Cl. The predicted molar refractivity (Wildman–Crippen MR) is 82.0 cm³/mol. The molecule has 114 valence electrons. The first-order valence-electron chi connectivity index (χ1n) is 6.93. The third-order valence-corrected chi connectivity index (χ3v) is 3.58. The number of aromatic nitrogens is 2. The van der Waals surface area contributed by atoms with E-state index in [2.05, 4.69) is 36.5 Å². The van der Waals surface area contributed by atoms with Crippen molar-refractivity contribution in [2.24, 2.45) is 5.41 Å². The molecule has 1 aliphatic rings. The molecule has 1 aliphatic heterocycles. The highest BCUT2D eigenvalue weighted by atomic mass is 35.5. The van der Waals surface area contributed by atoms with E-state index < -0.39 is 5.54 Å². The topological polar surface area (TPSA) is 59.0 Å². The van der Waals surface area contributed by atoms with Crippen molar-refractivity contribution in [2.75, 3.05) is 19.6 Å². The molecule has 0 unspecified atom stereocenters. The zero-order valence-corrected chi connectivity index (χ0v) is 13.3. The summed E-state index contributed by atoms with van der Waals surface area (Å²) in [7, 11) is 0. The minimum atomic E-state index is -0.528. The number of nitrogens with one attached hydrogen (secondary N) is 2. The highest BCUT2D eigenvalue weighted by molar-refractivity contribution is 5.85. The van der Waals surface area contributed by atoms with Crippen molar-refractivity contribution in [3.63, 3.8) is 0 Å². The van der Waals surface area contributed by atoms with Crippen LogP contribution < -0.4 is 10.6 Å². The average molecular weight is 301 g/mol. The highest BCUT2D eigenvalue weighted by Gasteiger charge is 2.42. The molecule has 20 heavy (non-hydrogen) atoms. The van der Waals surface area contributed by atoms with E-state index in [4.69, 9.17) is 0 Å². The van der Waals surface area contributed by atoms with Gasteiger partial charge in [0.25, 0.3) is 0 Å². The minimum Gasteiger partial charge on any atom is -0.353 e. The molecule has 0 atom stereocenters. The monoisotopic (exact) mass is 300 g/mol. The maximum absolute atomic E-state index is 12.7. The molecule has 0 saturated carbocycles. The van der Waals surface area contributed by atoms with Crippen molar-refractivity contribution in [1.82, 2.24) is 20.4 Å². The van der Waals surface area contributed by atoms with Crippen LogP contribution >= 0.6 is 12.4 Å². The van der Waals surface area contributed by atoms with Crippen molar-refractivity contribution in [2.45, 2.75) is 39.2 Å². The molecule has 1 aromatic heterocycles. The third-order valence-electron chi connectivity index (χ3n) is 3.58. The molecule has 5 nitrogen and oxygen atoms in total. The average Bonchev–Trinajstić information content (AvgIpc) is 2.90. The predicted octanol–water partition coefficient (Wildman–Crippen LogP) is 1.55. The zero-order valence-electron chi connectivity index (χ0n) is 12.5. The molecule has 1 aromatic rings. The fraction of sp³-hybridized carbons (Fsp3) is 0.714. The lowest BCUT2D eigenvalue weighted by atomic mass is 9.86. The Kier molecular flexibility index (Phi) is 5.59. The van der Waals surface area contributed by atoms with Gasteiger partial charge >= 0.3 is 0 Å². The summed E-state index contributed by atoms with van der Waals surface area (Å²) < 4.78 is 1.83. The number of rotatable bonds is 3. The van der Waals surface area contributed by atoms with E-state index in [1.165, 1.54) is 0 Å². The summed E-state index contributed by atoms with van der Waals surface area (Å²) in [5.74, 6) is 0.0904. The first kappa shape index (κ1) is 17.0. The smallest absolute Gasteiger partial charge is 0.248 e. The Balaban J connectivity index is 0.00000200. The number of carbonyl (C=O) groups is 1. The summed E-state index contributed by atoms with van der Waals surface area (Å²) in [5, 5.41) is 10.7. The number of nitrogens with zero attached hydrogens (tertiary/aromatic N) is 2. The van der Waals surface area contributed by atoms with Gasteiger partial charge in [-0.3, -0.25) is 9.48 Å². The molecule has 6 heteroatoms. The Hall–Kier alpha value is -1.07. The lowest BCUT2D eigenvalue weighted by molar-refractivity contribution is -0.132. The van der Waals surface area contributed by atoms with Crippen LogP contribution in [0.5, 0.6) is 0 Å². The van der Waals surface area contributed by atoms with Gasteiger partial charge in [-0.1, -0.05) is 20.8 Å². The number of hydrogen-bond acceptors (Lipinski definition) is 3. The van der Waals surface area contributed by atoms with Gasteiger partial charge in [0.2, 0.25) is 5.91 Å². The van der Waals surface area contributed by atoms with E-state index >= 15 is 0 Å². The molecule has 0 aromatic carbocycles. The Bertz CT molecular complexity index is 419. The highest BCUT2D eigenvalue weighted by Crippen LogP contribution is 2.27. The summed E-state index contributed by atoms with van der Waals surface area (Å²) in [6.07, 6.45) is 5.19. The number of amides is 1. The van der Waals surface area contributed by atoms with Crippen molar-refractivity contribution in [3.05, 3.63) is 18.5 Å². The second-order valence-electron chi connectivity index (χ2n) is 6.48. The van der Waals surface area contributed by atoms with Gasteiger partial charge in [-0.2, -0.15) is 5.10 Å². The Morgan fingerprint density at radius 2 is 2.05 bits per heavy atom. The standard InChI is InChI=1S/C14H24N4O.ClH/c1-13(2,3)11-16-12(19)14(5-8-15-9-6-14)18-10-4-7-17-18;/h4,7,10,15H,5-6,8-9,11H2,1-3H3,(H,16,19);1H. The molecule has 1 saturated heterocycles. The lowest BCUT2D eigenvalue weighted by Gasteiger charge is -2.37. The summed E-state index contributed by atoms with van der Waals surface area (Å²) in [6, 6.07) is 1.88. The maximum atomic E-state index is 12.7. The third kappa shape index (κ3) is 3.73. The number of piperidine rings is 1. The van der Waals surface area contributed by atoms with Crippen LogP contribution in [0.3, 0.4) is 0 Å². The van der Waals surface area contributed by atoms with Crippen molar-refractivity contribution in [1.29, 1.82) is 0 Å². The molecule has 2 rings (SSSR count). The molecule has 1 amide bonds. The van der Waals surface area contributed by atoms with Crippen molar-refractivity contribution >= 4 is 18.3 Å². The summed E-state index contributed by atoms with van der Waals surface area (Å²) >= 11 is 0. The van der Waals surface area contributed by atoms with Gasteiger partial charge in [0.05, 0.1) is 0 Å². The molecule has 0 spiro atoms. The van der Waals surface area contributed by atoms with E-state index in [9.17, 15) is 4.79 Å². The summed E-state index contributed by atoms with van der Waals surface area (Å²) in [5.41, 5.74) is -0.437. The van der Waals surface area contributed by atoms with Crippen LogP contribution in [0.1, 0.15) is 33.6 Å². The van der Waals surface area contributed by atoms with Gasteiger partial charge in [0.1, 0.15) is 5.54 Å². The van der Waals surface area contributed by atoms with Gasteiger partial charge in [-0.15, -0.1) is 12.4 Å². The Morgan fingerprint density at radius 1 is 1.40 bits per heavy atom. The molecular formula is C14H25ClN4O. The minimum absolute atomic E-state index is 0. The van der Waals surface area contributed by atoms with Gasteiger partial charge in [0.15, 0.2) is 0 Å². The zero-order chi connectivity index (χ0) is 13.9. The molecule has 0 radical (unpaired) electrons. The molecule has 1 fully saturated rings. The van der Waals surface area contributed by atoms with E-state index in [-0.39, 0.29) is 23.7 Å². The second kappa shape index (κ2) is 6.59. The van der Waals surface area contributed by atoms with Crippen molar-refractivity contribution < 1.29 is 4.79 Å². The normalized spacial score (nSPS) is 18.1. The maximum Gasteiger partial charge on any atom is 0.248 e. The van der Waals surface area contributed by atoms with Crippen LogP contribution in [0, 0.1) is 5.41 Å². The van der Waals surface area contributed by atoms with Crippen molar-refractivity contribution in [3.8, 4) is 0 Å². The van der Waals surface area contributed by atoms with Crippen LogP contribution in [0.25, 0.3) is 0 Å². The van der Waals surface area contributed by atoms with Gasteiger partial charge in [-0.25, -0.2) is 0 Å². The molecular weight excluding hydrogens is 276 g/mol. The van der Waals surface area contributed by atoms with Gasteiger partial charge in [0, 0.05) is 18.9 Å². The van der Waals surface area contributed by atoms with Gasteiger partial charge < -0.3 is 10.6 Å². The molecule has 2 N–H and O–H groups in total. The van der Waals surface area contributed by atoms with E-state index in [1.807, 2.05) is 16.9 Å². The van der Waals surface area contributed by atoms with E-state index in [0.717, 1.165) is 25.9 Å². The largest absolute Gasteiger partial charge is 0.353 e. The number of carbonyl (C=O) groups excluding carboxylic acids is 1. The fourth-order valence-corrected chi connectivity index (χ4v) is 2.43. The lowest BCUT2D eigenvalue weighted by Crippen LogP contribution is -2.55. The summed E-state index contributed by atoms with van der Waals surface area (Å²) in [6.45, 7) is 8.75. The first-order chi connectivity index (χ1) is 8.94. The van der Waals surface area contributed by atoms with E-state index in [1.54, 1.807) is 6.20 Å². The second-order valence-corrected chi connectivity index (χ2v) is 6.48. The number of hydrogen-bond donors (Lipinski definition) is 2. The van der Waals surface area contributed by atoms with E-state index in [0.29, 0.717) is 6.54 Å².